The Morgan fingerprint density at radius 1 is 1.19 bits per heavy atom. The van der Waals surface area contributed by atoms with Crippen LogP contribution < -0.4 is 5.32 Å². The Hall–Kier alpha value is 0.190. The van der Waals surface area contributed by atoms with Gasteiger partial charge in [0.05, 0.1) is 16.1 Å². The second-order valence-corrected chi connectivity index (χ2v) is 7.56. The second kappa shape index (κ2) is 8.16. The van der Waals surface area contributed by atoms with E-state index in [0.717, 1.165) is 23.0 Å². The minimum atomic E-state index is 0.0283. The minimum absolute atomic E-state index is 0.0283. The minimum Gasteiger partial charge on any atom is -0.306 e. The van der Waals surface area contributed by atoms with E-state index >= 15 is 0 Å². The molecular weight excluding hydrogens is 484 g/mol. The molecule has 0 fully saturated rings. The zero-order chi connectivity index (χ0) is 15.4. The van der Waals surface area contributed by atoms with Crippen LogP contribution in [0.4, 0.5) is 0 Å². The maximum atomic E-state index is 6.42. The highest BCUT2D eigenvalue weighted by molar-refractivity contribution is 14.1. The molecule has 1 N–H and O–H groups in total. The number of nitrogens with one attached hydrogen (secondary N) is 1. The van der Waals surface area contributed by atoms with Crippen LogP contribution in [0, 0.1) is 3.57 Å². The van der Waals surface area contributed by atoms with Gasteiger partial charge in [-0.05, 0) is 70.9 Å². The van der Waals surface area contributed by atoms with Crippen molar-refractivity contribution in [2.75, 3.05) is 6.54 Å². The van der Waals surface area contributed by atoms with Gasteiger partial charge in [0.1, 0.15) is 0 Å². The summed E-state index contributed by atoms with van der Waals surface area (Å²) in [5, 5.41) is 4.77. The first-order valence-electron chi connectivity index (χ1n) is 6.66. The molecule has 2 rings (SSSR count). The van der Waals surface area contributed by atoms with E-state index < -0.39 is 0 Å². The van der Waals surface area contributed by atoms with Gasteiger partial charge in [-0.25, -0.2) is 0 Å². The summed E-state index contributed by atoms with van der Waals surface area (Å²) in [6.45, 7) is 3.06. The van der Waals surface area contributed by atoms with Crippen LogP contribution in [0.5, 0.6) is 0 Å². The number of hydrogen-bond acceptors (Lipinski definition) is 1. The summed E-state index contributed by atoms with van der Waals surface area (Å²) in [6.07, 6.45) is 1.05. The van der Waals surface area contributed by atoms with Crippen LogP contribution in [-0.2, 0) is 0 Å². The maximum absolute atomic E-state index is 6.42. The molecule has 0 saturated heterocycles. The van der Waals surface area contributed by atoms with Gasteiger partial charge in [-0.2, -0.15) is 0 Å². The van der Waals surface area contributed by atoms with Crippen molar-refractivity contribution in [3.05, 3.63) is 65.6 Å². The van der Waals surface area contributed by atoms with Crippen molar-refractivity contribution in [2.24, 2.45) is 0 Å². The Balaban J connectivity index is 2.52. The van der Waals surface area contributed by atoms with Crippen LogP contribution in [0.25, 0.3) is 0 Å². The van der Waals surface area contributed by atoms with Gasteiger partial charge in [0, 0.05) is 8.04 Å². The Bertz CT molecular complexity index is 632. The first-order valence-corrected chi connectivity index (χ1v) is 9.29. The van der Waals surface area contributed by atoms with E-state index in [0.29, 0.717) is 10.0 Å². The van der Waals surface area contributed by atoms with E-state index in [1.165, 1.54) is 9.13 Å². The Morgan fingerprint density at radius 3 is 2.67 bits per heavy atom. The first-order chi connectivity index (χ1) is 10.0. The lowest BCUT2D eigenvalue weighted by atomic mass is 9.98. The zero-order valence-corrected chi connectivity index (χ0v) is 16.7. The molecule has 0 spiro atoms. The lowest BCUT2D eigenvalue weighted by Crippen LogP contribution is -2.24. The quantitative estimate of drug-likeness (QED) is 0.467. The molecule has 1 atom stereocenters. The topological polar surface area (TPSA) is 12.0 Å². The normalized spacial score (nSPS) is 12.4. The van der Waals surface area contributed by atoms with E-state index in [1.807, 2.05) is 24.3 Å². The summed E-state index contributed by atoms with van der Waals surface area (Å²) in [5.74, 6) is 0. The lowest BCUT2D eigenvalue weighted by Gasteiger charge is -2.22. The molecule has 0 saturated carbocycles. The predicted octanol–water partition coefficient (Wildman–Crippen LogP) is 6.45. The molecule has 2 aromatic rings. The molecular formula is C16H15BrCl2IN. The highest BCUT2D eigenvalue weighted by atomic mass is 127. The first kappa shape index (κ1) is 17.5. The van der Waals surface area contributed by atoms with Gasteiger partial charge >= 0.3 is 0 Å². The van der Waals surface area contributed by atoms with Gasteiger partial charge < -0.3 is 5.32 Å². The van der Waals surface area contributed by atoms with Crippen molar-refractivity contribution in [1.82, 2.24) is 5.32 Å². The summed E-state index contributed by atoms with van der Waals surface area (Å²) in [7, 11) is 0. The van der Waals surface area contributed by atoms with Crippen LogP contribution >= 0.6 is 61.7 Å². The Kier molecular flexibility index (Phi) is 6.81. The fraction of sp³-hybridized carbons (Fsp3) is 0.250. The monoisotopic (exact) mass is 497 g/mol. The van der Waals surface area contributed by atoms with Crippen LogP contribution in [0.15, 0.2) is 40.9 Å². The van der Waals surface area contributed by atoms with E-state index in [9.17, 15) is 0 Å². The molecule has 0 heterocycles. The summed E-state index contributed by atoms with van der Waals surface area (Å²) in [6, 6.07) is 12.1. The third kappa shape index (κ3) is 4.35. The summed E-state index contributed by atoms with van der Waals surface area (Å²) >= 11 is 18.5. The summed E-state index contributed by atoms with van der Waals surface area (Å²) in [5.41, 5.74) is 2.20. The van der Waals surface area contributed by atoms with Crippen LogP contribution in [-0.4, -0.2) is 6.54 Å². The maximum Gasteiger partial charge on any atom is 0.0643 e. The van der Waals surface area contributed by atoms with Crippen molar-refractivity contribution in [3.63, 3.8) is 0 Å². The van der Waals surface area contributed by atoms with Gasteiger partial charge in [-0.15, -0.1) is 0 Å². The molecule has 0 amide bonds. The van der Waals surface area contributed by atoms with E-state index in [-0.39, 0.29) is 6.04 Å². The molecule has 0 aliphatic carbocycles. The number of halogens is 4. The molecule has 5 heteroatoms. The molecule has 0 aromatic heterocycles. The summed E-state index contributed by atoms with van der Waals surface area (Å²) < 4.78 is 2.25. The van der Waals surface area contributed by atoms with E-state index in [1.54, 1.807) is 0 Å². The molecule has 1 unspecified atom stereocenters. The van der Waals surface area contributed by atoms with Crippen molar-refractivity contribution >= 4 is 61.7 Å². The molecule has 0 bridgehead atoms. The number of benzene rings is 2. The highest BCUT2D eigenvalue weighted by Gasteiger charge is 2.20. The van der Waals surface area contributed by atoms with Crippen LogP contribution in [0.1, 0.15) is 30.5 Å². The van der Waals surface area contributed by atoms with E-state index in [4.69, 9.17) is 23.2 Å². The summed E-state index contributed by atoms with van der Waals surface area (Å²) in [4.78, 5) is 0. The number of hydrogen-bond donors (Lipinski definition) is 1. The third-order valence-electron chi connectivity index (χ3n) is 3.16. The fourth-order valence-corrected chi connectivity index (χ4v) is 3.60. The fourth-order valence-electron chi connectivity index (χ4n) is 2.16. The Labute approximate surface area is 157 Å². The van der Waals surface area contributed by atoms with Crippen molar-refractivity contribution in [3.8, 4) is 0 Å². The number of rotatable bonds is 5. The Morgan fingerprint density at radius 2 is 1.95 bits per heavy atom. The van der Waals surface area contributed by atoms with Crippen molar-refractivity contribution in [1.29, 1.82) is 0 Å². The van der Waals surface area contributed by atoms with Gasteiger partial charge in [-0.3, -0.25) is 0 Å². The molecule has 0 aliphatic rings. The smallest absolute Gasteiger partial charge is 0.0643 e. The van der Waals surface area contributed by atoms with Gasteiger partial charge in [-0.1, -0.05) is 58.2 Å². The molecule has 21 heavy (non-hydrogen) atoms. The molecule has 0 aliphatic heterocycles. The third-order valence-corrected chi connectivity index (χ3v) is 5.47. The van der Waals surface area contributed by atoms with Gasteiger partial charge in [0.25, 0.3) is 0 Å². The van der Waals surface area contributed by atoms with E-state index in [2.05, 4.69) is 62.9 Å². The molecule has 112 valence electrons. The van der Waals surface area contributed by atoms with Crippen LogP contribution in [0.2, 0.25) is 10.0 Å². The largest absolute Gasteiger partial charge is 0.306 e. The predicted molar refractivity (Wildman–Crippen MR) is 103 cm³/mol. The second-order valence-electron chi connectivity index (χ2n) is 4.70. The van der Waals surface area contributed by atoms with Crippen molar-refractivity contribution in [2.45, 2.75) is 19.4 Å². The average molecular weight is 499 g/mol. The molecule has 0 radical (unpaired) electrons. The van der Waals surface area contributed by atoms with Gasteiger partial charge in [0.15, 0.2) is 0 Å². The van der Waals surface area contributed by atoms with Crippen molar-refractivity contribution < 1.29 is 0 Å². The average Bonchev–Trinajstić information content (AvgIpc) is 2.47. The molecule has 2 aromatic carbocycles. The SMILES string of the molecule is CCCNC(c1cc(Br)ccc1I)c1cccc(Cl)c1Cl. The zero-order valence-electron chi connectivity index (χ0n) is 11.5. The highest BCUT2D eigenvalue weighted by Crippen LogP contribution is 2.35. The lowest BCUT2D eigenvalue weighted by molar-refractivity contribution is 0.596. The van der Waals surface area contributed by atoms with Gasteiger partial charge in [0.2, 0.25) is 0 Å². The standard InChI is InChI=1S/C16H15BrCl2IN/c1-2-8-21-16(11-4-3-5-13(18)15(11)19)12-9-10(17)6-7-14(12)20/h3-7,9,16,21H,2,8H2,1H3. The molecule has 1 nitrogen and oxygen atoms in total. The van der Waals surface area contributed by atoms with Crippen LogP contribution in [0.3, 0.4) is 0 Å².